The molecule has 1 atom stereocenters. The van der Waals surface area contributed by atoms with Crippen LogP contribution in [0.15, 0.2) is 42.5 Å². The lowest BCUT2D eigenvalue weighted by Gasteiger charge is -2.29. The van der Waals surface area contributed by atoms with E-state index in [1.54, 1.807) is 37.1 Å². The molecule has 0 fully saturated rings. The average Bonchev–Trinajstić information content (AvgIpc) is 2.72. The molecule has 0 saturated heterocycles. The van der Waals surface area contributed by atoms with Crippen LogP contribution in [-0.4, -0.2) is 36.4 Å². The number of benzene rings is 2. The fourth-order valence-electron chi connectivity index (χ4n) is 2.89. The van der Waals surface area contributed by atoms with Gasteiger partial charge < -0.3 is 15.0 Å². The van der Waals surface area contributed by atoms with Crippen LogP contribution in [0.1, 0.15) is 31.9 Å². The maximum Gasteiger partial charge on any atom is 0.242 e. The van der Waals surface area contributed by atoms with Crippen molar-refractivity contribution >= 4 is 35.0 Å². The molecule has 0 saturated carbocycles. The summed E-state index contributed by atoms with van der Waals surface area (Å²) >= 11 is 12.1. The number of ether oxygens (including phenoxy) is 1. The maximum absolute atomic E-state index is 13.2. The van der Waals surface area contributed by atoms with Gasteiger partial charge in [-0.2, -0.15) is 0 Å². The van der Waals surface area contributed by atoms with E-state index >= 15 is 0 Å². The van der Waals surface area contributed by atoms with Crippen molar-refractivity contribution in [1.29, 1.82) is 0 Å². The largest absolute Gasteiger partial charge is 0.497 e. The number of carbonyl (C=O) groups excluding carboxylic acids is 2. The molecule has 0 aromatic heterocycles. The molecule has 0 aliphatic heterocycles. The lowest BCUT2D eigenvalue weighted by molar-refractivity contribution is -0.140. The van der Waals surface area contributed by atoms with Gasteiger partial charge in [-0.15, -0.1) is 0 Å². The SMILES string of the molecule is COc1ccc(CC(=O)N(Cc2ccc(Cl)c(Cl)c2)[C@@H](C)C(=O)NCC(C)C)cc1. The second kappa shape index (κ2) is 11.2. The Bertz CT molecular complexity index is 869. The van der Waals surface area contributed by atoms with Gasteiger partial charge in [-0.05, 0) is 48.2 Å². The third kappa shape index (κ3) is 6.92. The van der Waals surface area contributed by atoms with Gasteiger partial charge in [0.05, 0.1) is 23.6 Å². The number of nitrogens with zero attached hydrogens (tertiary/aromatic N) is 1. The zero-order valence-electron chi connectivity index (χ0n) is 17.7. The van der Waals surface area contributed by atoms with Crippen LogP contribution >= 0.6 is 23.2 Å². The Morgan fingerprint density at radius 2 is 1.63 bits per heavy atom. The summed E-state index contributed by atoms with van der Waals surface area (Å²) in [6.45, 7) is 6.58. The molecular formula is C23H28Cl2N2O3. The molecule has 0 radical (unpaired) electrons. The number of hydrogen-bond acceptors (Lipinski definition) is 3. The Balaban J connectivity index is 2.22. The molecule has 2 aromatic carbocycles. The van der Waals surface area contributed by atoms with E-state index in [-0.39, 0.29) is 24.8 Å². The molecule has 162 valence electrons. The average molecular weight is 451 g/mol. The highest BCUT2D eigenvalue weighted by Crippen LogP contribution is 2.24. The van der Waals surface area contributed by atoms with Gasteiger partial charge in [0.25, 0.3) is 0 Å². The molecule has 0 spiro atoms. The van der Waals surface area contributed by atoms with Gasteiger partial charge in [-0.1, -0.05) is 55.2 Å². The van der Waals surface area contributed by atoms with Crippen molar-refractivity contribution in [2.75, 3.05) is 13.7 Å². The van der Waals surface area contributed by atoms with Gasteiger partial charge >= 0.3 is 0 Å². The van der Waals surface area contributed by atoms with E-state index in [1.807, 2.05) is 38.1 Å². The molecule has 5 nitrogen and oxygen atoms in total. The summed E-state index contributed by atoms with van der Waals surface area (Å²) in [6.07, 6.45) is 0.174. The summed E-state index contributed by atoms with van der Waals surface area (Å²) in [7, 11) is 1.59. The summed E-state index contributed by atoms with van der Waals surface area (Å²) < 4.78 is 5.17. The molecule has 0 aliphatic rings. The number of amides is 2. The summed E-state index contributed by atoms with van der Waals surface area (Å²) in [5.41, 5.74) is 1.64. The van der Waals surface area contributed by atoms with Crippen LogP contribution in [0.5, 0.6) is 5.75 Å². The topological polar surface area (TPSA) is 58.6 Å². The first kappa shape index (κ1) is 24.0. The van der Waals surface area contributed by atoms with Crippen LogP contribution in [0, 0.1) is 5.92 Å². The van der Waals surface area contributed by atoms with Crippen LogP contribution in [0.3, 0.4) is 0 Å². The quantitative estimate of drug-likeness (QED) is 0.600. The minimum Gasteiger partial charge on any atom is -0.497 e. The van der Waals surface area contributed by atoms with E-state index in [4.69, 9.17) is 27.9 Å². The van der Waals surface area contributed by atoms with E-state index in [1.165, 1.54) is 0 Å². The first-order valence-electron chi connectivity index (χ1n) is 9.85. The summed E-state index contributed by atoms with van der Waals surface area (Å²) in [5.74, 6) is 0.699. The first-order valence-corrected chi connectivity index (χ1v) is 10.6. The Morgan fingerprint density at radius 1 is 1.00 bits per heavy atom. The van der Waals surface area contributed by atoms with E-state index in [0.29, 0.717) is 22.5 Å². The van der Waals surface area contributed by atoms with Crippen molar-refractivity contribution in [2.45, 2.75) is 39.8 Å². The maximum atomic E-state index is 13.2. The highest BCUT2D eigenvalue weighted by Gasteiger charge is 2.26. The first-order chi connectivity index (χ1) is 14.2. The molecule has 2 amide bonds. The normalized spacial score (nSPS) is 11.8. The highest BCUT2D eigenvalue weighted by molar-refractivity contribution is 6.42. The van der Waals surface area contributed by atoms with Crippen LogP contribution < -0.4 is 10.1 Å². The van der Waals surface area contributed by atoms with Crippen LogP contribution in [-0.2, 0) is 22.6 Å². The third-order valence-corrected chi connectivity index (χ3v) is 5.44. The van der Waals surface area contributed by atoms with Crippen LogP contribution in [0.2, 0.25) is 10.0 Å². The summed E-state index contributed by atoms with van der Waals surface area (Å²) in [6, 6.07) is 11.9. The van der Waals surface area contributed by atoms with Crippen molar-refractivity contribution < 1.29 is 14.3 Å². The van der Waals surface area contributed by atoms with Gasteiger partial charge in [0.15, 0.2) is 0 Å². The molecule has 0 bridgehead atoms. The Kier molecular flexibility index (Phi) is 9.00. The Hall–Kier alpha value is -2.24. The smallest absolute Gasteiger partial charge is 0.242 e. The minimum atomic E-state index is -0.635. The van der Waals surface area contributed by atoms with Crippen LogP contribution in [0.25, 0.3) is 0 Å². The van der Waals surface area contributed by atoms with Gasteiger partial charge in [0.2, 0.25) is 11.8 Å². The van der Waals surface area contributed by atoms with E-state index in [9.17, 15) is 9.59 Å². The number of halogens is 2. The number of methoxy groups -OCH3 is 1. The monoisotopic (exact) mass is 450 g/mol. The predicted molar refractivity (Wildman–Crippen MR) is 121 cm³/mol. The molecule has 0 heterocycles. The van der Waals surface area contributed by atoms with E-state index < -0.39 is 6.04 Å². The van der Waals surface area contributed by atoms with Crippen molar-refractivity contribution in [2.24, 2.45) is 5.92 Å². The second-order valence-electron chi connectivity index (χ2n) is 7.61. The number of rotatable bonds is 9. The van der Waals surface area contributed by atoms with Crippen LogP contribution in [0.4, 0.5) is 0 Å². The fourth-order valence-corrected chi connectivity index (χ4v) is 3.21. The number of hydrogen-bond donors (Lipinski definition) is 1. The zero-order valence-corrected chi connectivity index (χ0v) is 19.3. The van der Waals surface area contributed by atoms with Crippen molar-refractivity contribution in [3.63, 3.8) is 0 Å². The molecule has 0 unspecified atom stereocenters. The number of nitrogens with one attached hydrogen (secondary N) is 1. The zero-order chi connectivity index (χ0) is 22.3. The van der Waals surface area contributed by atoms with E-state index in [0.717, 1.165) is 16.9 Å². The molecular weight excluding hydrogens is 423 g/mol. The van der Waals surface area contributed by atoms with E-state index in [2.05, 4.69) is 5.32 Å². The summed E-state index contributed by atoms with van der Waals surface area (Å²) in [4.78, 5) is 27.4. The molecule has 7 heteroatoms. The molecule has 30 heavy (non-hydrogen) atoms. The Morgan fingerprint density at radius 3 is 2.20 bits per heavy atom. The van der Waals surface area contributed by atoms with Gasteiger partial charge in [-0.3, -0.25) is 9.59 Å². The van der Waals surface area contributed by atoms with Crippen molar-refractivity contribution in [3.8, 4) is 5.75 Å². The lowest BCUT2D eigenvalue weighted by Crippen LogP contribution is -2.48. The molecule has 2 aromatic rings. The predicted octanol–water partition coefficient (Wildman–Crippen LogP) is 4.73. The van der Waals surface area contributed by atoms with Gasteiger partial charge in [0.1, 0.15) is 11.8 Å². The third-order valence-electron chi connectivity index (χ3n) is 4.70. The van der Waals surface area contributed by atoms with Crippen molar-refractivity contribution in [3.05, 3.63) is 63.6 Å². The highest BCUT2D eigenvalue weighted by atomic mass is 35.5. The molecule has 1 N–H and O–H groups in total. The number of carbonyl (C=O) groups is 2. The Labute approximate surface area is 188 Å². The summed E-state index contributed by atoms with van der Waals surface area (Å²) in [5, 5.41) is 3.76. The van der Waals surface area contributed by atoms with Gasteiger partial charge in [-0.25, -0.2) is 0 Å². The standard InChI is InChI=1S/C23H28Cl2N2O3/c1-15(2)13-26-23(29)16(3)27(14-18-7-10-20(24)21(25)11-18)22(28)12-17-5-8-19(30-4)9-6-17/h5-11,15-16H,12-14H2,1-4H3,(H,26,29)/t16-/m0/s1. The molecule has 2 rings (SSSR count). The van der Waals surface area contributed by atoms with Gasteiger partial charge in [0, 0.05) is 13.1 Å². The minimum absolute atomic E-state index is 0.154. The van der Waals surface area contributed by atoms with Crippen molar-refractivity contribution in [1.82, 2.24) is 10.2 Å². The fraction of sp³-hybridized carbons (Fsp3) is 0.391. The lowest BCUT2D eigenvalue weighted by atomic mass is 10.1. The second-order valence-corrected chi connectivity index (χ2v) is 8.42. The molecule has 0 aliphatic carbocycles.